The van der Waals surface area contributed by atoms with E-state index in [2.05, 4.69) is 5.32 Å². The van der Waals surface area contributed by atoms with Gasteiger partial charge in [-0.2, -0.15) is 0 Å². The smallest absolute Gasteiger partial charge is 0.273 e. The number of nitro groups is 1. The Kier molecular flexibility index (Phi) is 7.52. The Labute approximate surface area is 195 Å². The molecule has 9 nitrogen and oxygen atoms in total. The number of halogens is 1. The lowest BCUT2D eigenvalue weighted by molar-refractivity contribution is -0.384. The van der Waals surface area contributed by atoms with Gasteiger partial charge in [0, 0.05) is 18.3 Å². The van der Waals surface area contributed by atoms with E-state index in [-0.39, 0.29) is 33.6 Å². The van der Waals surface area contributed by atoms with Crippen LogP contribution in [0.15, 0.2) is 77.7 Å². The summed E-state index contributed by atoms with van der Waals surface area (Å²) in [5.41, 5.74) is 0.518. The fourth-order valence-corrected chi connectivity index (χ4v) is 4.99. The molecule has 0 unspecified atom stereocenters. The second kappa shape index (κ2) is 10.3. The van der Waals surface area contributed by atoms with Gasteiger partial charge in [0.1, 0.15) is 10.6 Å². The number of benzene rings is 3. The molecule has 33 heavy (non-hydrogen) atoms. The molecule has 3 aromatic rings. The number of rotatable bonds is 9. The number of nitrogens with zero attached hydrogens (tertiary/aromatic N) is 2. The van der Waals surface area contributed by atoms with E-state index in [4.69, 9.17) is 16.3 Å². The highest BCUT2D eigenvalue weighted by Crippen LogP contribution is 2.30. The molecule has 0 radical (unpaired) electrons. The fraction of sp³-hybridized carbons (Fsp3) is 0.136. The lowest BCUT2D eigenvalue weighted by Gasteiger charge is -2.23. The van der Waals surface area contributed by atoms with Crippen molar-refractivity contribution < 1.29 is 22.9 Å². The van der Waals surface area contributed by atoms with Crippen molar-refractivity contribution in [3.63, 3.8) is 0 Å². The summed E-state index contributed by atoms with van der Waals surface area (Å²) in [5, 5.41) is 13.4. The monoisotopic (exact) mass is 489 g/mol. The predicted molar refractivity (Wildman–Crippen MR) is 125 cm³/mol. The van der Waals surface area contributed by atoms with Gasteiger partial charge in [-0.25, -0.2) is 8.42 Å². The molecule has 0 spiro atoms. The van der Waals surface area contributed by atoms with Gasteiger partial charge in [0.2, 0.25) is 0 Å². The maximum Gasteiger partial charge on any atom is 0.273 e. The number of para-hydroxylation sites is 1. The molecule has 11 heteroatoms. The minimum absolute atomic E-state index is 0.00947. The summed E-state index contributed by atoms with van der Waals surface area (Å²) in [5.74, 6) is -0.428. The van der Waals surface area contributed by atoms with Crippen molar-refractivity contribution in [3.05, 3.63) is 87.9 Å². The number of hydrogen-bond acceptors (Lipinski definition) is 6. The molecule has 0 heterocycles. The van der Waals surface area contributed by atoms with Gasteiger partial charge in [-0.05, 0) is 43.3 Å². The maximum absolute atomic E-state index is 13.3. The van der Waals surface area contributed by atoms with Gasteiger partial charge >= 0.3 is 0 Å². The number of nitro benzene ring substituents is 1. The summed E-state index contributed by atoms with van der Waals surface area (Å²) < 4.78 is 33.0. The Morgan fingerprint density at radius 1 is 1.09 bits per heavy atom. The molecule has 0 saturated heterocycles. The average molecular weight is 490 g/mol. The lowest BCUT2D eigenvalue weighted by Crippen LogP contribution is -2.31. The summed E-state index contributed by atoms with van der Waals surface area (Å²) in [6.45, 7) is 1.45. The molecule has 0 saturated carbocycles. The minimum atomic E-state index is -4.01. The molecule has 0 fully saturated rings. The molecule has 1 amide bonds. The van der Waals surface area contributed by atoms with Crippen molar-refractivity contribution in [2.24, 2.45) is 0 Å². The molecular formula is C22H20ClN3O6S. The number of amides is 1. The quantitative estimate of drug-likeness (QED) is 0.349. The Morgan fingerprint density at radius 3 is 2.48 bits per heavy atom. The van der Waals surface area contributed by atoms with E-state index < -0.39 is 27.5 Å². The van der Waals surface area contributed by atoms with Gasteiger partial charge < -0.3 is 10.1 Å². The van der Waals surface area contributed by atoms with Gasteiger partial charge in [0.05, 0.1) is 21.7 Å². The molecule has 0 atom stereocenters. The third-order valence-electron chi connectivity index (χ3n) is 4.51. The van der Waals surface area contributed by atoms with Crippen LogP contribution in [0.5, 0.6) is 5.75 Å². The standard InChI is InChI=1S/C22H20ClN3O6S/c1-2-25(17-7-4-3-5-8-17)33(30,31)21-13-16(11-12-20(21)23)24-22(27)15-32-19-10-6-9-18(14-19)26(28)29/h3-14H,2,15H2,1H3,(H,24,27). The van der Waals surface area contributed by atoms with Gasteiger partial charge in [-0.3, -0.25) is 19.2 Å². The average Bonchev–Trinajstić information content (AvgIpc) is 2.80. The van der Waals surface area contributed by atoms with Crippen LogP contribution in [-0.2, 0) is 14.8 Å². The van der Waals surface area contributed by atoms with E-state index in [9.17, 15) is 23.3 Å². The van der Waals surface area contributed by atoms with Crippen LogP contribution in [0.3, 0.4) is 0 Å². The van der Waals surface area contributed by atoms with E-state index in [0.717, 1.165) is 0 Å². The van der Waals surface area contributed by atoms with Crippen molar-refractivity contribution in [2.45, 2.75) is 11.8 Å². The van der Waals surface area contributed by atoms with Crippen molar-refractivity contribution >= 4 is 44.6 Å². The molecule has 172 valence electrons. The fourth-order valence-electron chi connectivity index (χ4n) is 3.02. The second-order valence-electron chi connectivity index (χ2n) is 6.74. The van der Waals surface area contributed by atoms with Crippen molar-refractivity contribution in [3.8, 4) is 5.75 Å². The van der Waals surface area contributed by atoms with E-state index in [0.29, 0.717) is 5.69 Å². The third-order valence-corrected chi connectivity index (χ3v) is 6.90. The maximum atomic E-state index is 13.3. The normalized spacial score (nSPS) is 11.0. The topological polar surface area (TPSA) is 119 Å². The Hall–Kier alpha value is -3.63. The summed E-state index contributed by atoms with van der Waals surface area (Å²) in [6, 6.07) is 18.1. The Bertz CT molecular complexity index is 1270. The lowest BCUT2D eigenvalue weighted by atomic mass is 10.3. The largest absolute Gasteiger partial charge is 0.484 e. The van der Waals surface area contributed by atoms with Crippen LogP contribution in [0.2, 0.25) is 5.02 Å². The molecule has 0 aliphatic heterocycles. The van der Waals surface area contributed by atoms with Crippen LogP contribution in [-0.4, -0.2) is 32.4 Å². The Morgan fingerprint density at radius 2 is 1.82 bits per heavy atom. The summed E-state index contributed by atoms with van der Waals surface area (Å²) in [4.78, 5) is 22.4. The predicted octanol–water partition coefficient (Wildman–Crippen LogP) is 4.48. The molecule has 3 rings (SSSR count). The first-order valence-electron chi connectivity index (χ1n) is 9.77. The van der Waals surface area contributed by atoms with E-state index >= 15 is 0 Å². The number of carbonyl (C=O) groups is 1. The number of ether oxygens (including phenoxy) is 1. The van der Waals surface area contributed by atoms with Crippen LogP contribution in [0.4, 0.5) is 17.1 Å². The highest BCUT2D eigenvalue weighted by molar-refractivity contribution is 7.93. The third kappa shape index (κ3) is 5.79. The van der Waals surface area contributed by atoms with Gasteiger partial charge in [0.15, 0.2) is 6.61 Å². The van der Waals surface area contributed by atoms with Crippen LogP contribution < -0.4 is 14.4 Å². The number of non-ortho nitro benzene ring substituents is 1. The molecule has 1 N–H and O–H groups in total. The molecular weight excluding hydrogens is 470 g/mol. The SMILES string of the molecule is CCN(c1ccccc1)S(=O)(=O)c1cc(NC(=O)COc2cccc([N+](=O)[O-])c2)ccc1Cl. The summed E-state index contributed by atoms with van der Waals surface area (Å²) in [6.07, 6.45) is 0. The van der Waals surface area contributed by atoms with E-state index in [1.807, 2.05) is 0 Å². The number of hydrogen-bond donors (Lipinski definition) is 1. The number of carbonyl (C=O) groups excluding carboxylic acids is 1. The van der Waals surface area contributed by atoms with E-state index in [1.54, 1.807) is 37.3 Å². The molecule has 0 aliphatic rings. The molecule has 0 bridgehead atoms. The zero-order valence-corrected chi connectivity index (χ0v) is 19.0. The second-order valence-corrected chi connectivity index (χ2v) is 8.98. The molecule has 0 aromatic heterocycles. The van der Waals surface area contributed by atoms with Gasteiger partial charge in [0.25, 0.3) is 21.6 Å². The zero-order valence-electron chi connectivity index (χ0n) is 17.5. The highest BCUT2D eigenvalue weighted by atomic mass is 35.5. The first kappa shape index (κ1) is 24.0. The van der Waals surface area contributed by atoms with Crippen LogP contribution in [0.1, 0.15) is 6.92 Å². The van der Waals surface area contributed by atoms with Crippen molar-refractivity contribution in [2.75, 3.05) is 22.8 Å². The number of sulfonamides is 1. The number of anilines is 2. The summed E-state index contributed by atoms with van der Waals surface area (Å²) in [7, 11) is -4.01. The van der Waals surface area contributed by atoms with Gasteiger partial charge in [-0.1, -0.05) is 35.9 Å². The first-order chi connectivity index (χ1) is 15.7. The minimum Gasteiger partial charge on any atom is -0.484 e. The van der Waals surface area contributed by atoms with Crippen LogP contribution in [0, 0.1) is 10.1 Å². The Balaban J connectivity index is 1.76. The van der Waals surface area contributed by atoms with Crippen molar-refractivity contribution in [1.29, 1.82) is 0 Å². The molecule has 0 aliphatic carbocycles. The van der Waals surface area contributed by atoms with Crippen LogP contribution >= 0.6 is 11.6 Å². The molecule has 3 aromatic carbocycles. The van der Waals surface area contributed by atoms with Gasteiger partial charge in [-0.15, -0.1) is 0 Å². The van der Waals surface area contributed by atoms with E-state index in [1.165, 1.54) is 46.8 Å². The van der Waals surface area contributed by atoms with Crippen molar-refractivity contribution in [1.82, 2.24) is 0 Å². The zero-order chi connectivity index (χ0) is 24.0. The first-order valence-corrected chi connectivity index (χ1v) is 11.6. The summed E-state index contributed by atoms with van der Waals surface area (Å²) >= 11 is 6.19. The highest BCUT2D eigenvalue weighted by Gasteiger charge is 2.26. The number of nitrogens with one attached hydrogen (secondary N) is 1. The van der Waals surface area contributed by atoms with Crippen LogP contribution in [0.25, 0.3) is 0 Å².